The predicted molar refractivity (Wildman–Crippen MR) is 86.6 cm³/mol. The summed E-state index contributed by atoms with van der Waals surface area (Å²) in [5.41, 5.74) is 0.785. The highest BCUT2D eigenvalue weighted by molar-refractivity contribution is 9.10. The molecule has 0 aliphatic carbocycles. The third-order valence-electron chi connectivity index (χ3n) is 3.54. The zero-order valence-electron chi connectivity index (χ0n) is 12.7. The number of carbonyl (C=O) groups is 3. The van der Waals surface area contributed by atoms with E-state index in [0.717, 1.165) is 15.8 Å². The van der Waals surface area contributed by atoms with Crippen molar-refractivity contribution in [3.63, 3.8) is 0 Å². The molecule has 6 heteroatoms. The lowest BCUT2D eigenvalue weighted by Crippen LogP contribution is -2.35. The van der Waals surface area contributed by atoms with Crippen LogP contribution in [0.5, 0.6) is 0 Å². The van der Waals surface area contributed by atoms with Gasteiger partial charge in [-0.15, -0.1) is 0 Å². The van der Waals surface area contributed by atoms with Gasteiger partial charge >= 0.3 is 0 Å². The lowest BCUT2D eigenvalue weighted by molar-refractivity contribution is -0.121. The van der Waals surface area contributed by atoms with Crippen LogP contribution in [-0.2, 0) is 4.79 Å². The van der Waals surface area contributed by atoms with E-state index in [0.29, 0.717) is 23.6 Å². The Labute approximate surface area is 138 Å². The van der Waals surface area contributed by atoms with Crippen molar-refractivity contribution >= 4 is 33.7 Å². The van der Waals surface area contributed by atoms with Crippen molar-refractivity contribution in [1.29, 1.82) is 0 Å². The second-order valence-electron chi connectivity index (χ2n) is 5.73. The van der Waals surface area contributed by atoms with Crippen LogP contribution < -0.4 is 5.32 Å². The first kappa shape index (κ1) is 16.7. The maximum absolute atomic E-state index is 12.2. The molecule has 0 aromatic heterocycles. The predicted octanol–water partition coefficient (Wildman–Crippen LogP) is 2.60. The van der Waals surface area contributed by atoms with Gasteiger partial charge in [0, 0.05) is 24.0 Å². The summed E-state index contributed by atoms with van der Waals surface area (Å²) in [4.78, 5) is 37.3. The summed E-state index contributed by atoms with van der Waals surface area (Å²) < 4.78 is 0.751. The van der Waals surface area contributed by atoms with Crippen LogP contribution in [0.3, 0.4) is 0 Å². The molecule has 5 nitrogen and oxygen atoms in total. The highest BCUT2D eigenvalue weighted by atomic mass is 79.9. The minimum absolute atomic E-state index is 0.109. The van der Waals surface area contributed by atoms with Crippen molar-refractivity contribution in [3.8, 4) is 0 Å². The van der Waals surface area contributed by atoms with Crippen LogP contribution in [0.25, 0.3) is 0 Å². The van der Waals surface area contributed by atoms with E-state index in [9.17, 15) is 14.4 Å². The lowest BCUT2D eigenvalue weighted by atomic mass is 10.1. The molecule has 1 aliphatic heterocycles. The number of carbonyl (C=O) groups excluding carboxylic acids is 3. The van der Waals surface area contributed by atoms with Gasteiger partial charge in [-0.05, 0) is 30.5 Å². The first-order valence-corrected chi connectivity index (χ1v) is 8.12. The van der Waals surface area contributed by atoms with Gasteiger partial charge in [0.05, 0.1) is 11.1 Å². The summed E-state index contributed by atoms with van der Waals surface area (Å²) in [5.74, 6) is -0.285. The van der Waals surface area contributed by atoms with Crippen LogP contribution in [-0.4, -0.2) is 35.7 Å². The maximum Gasteiger partial charge on any atom is 0.261 e. The van der Waals surface area contributed by atoms with Crippen LogP contribution in [0.4, 0.5) is 0 Å². The number of halogens is 1. The quantitative estimate of drug-likeness (QED) is 0.786. The Balaban J connectivity index is 1.91. The number of nitrogens with zero attached hydrogens (tertiary/aromatic N) is 1. The highest BCUT2D eigenvalue weighted by Crippen LogP contribution is 2.25. The fraction of sp³-hybridized carbons (Fsp3) is 0.438. The van der Waals surface area contributed by atoms with E-state index in [1.54, 1.807) is 18.2 Å². The third-order valence-corrected chi connectivity index (χ3v) is 4.03. The molecule has 118 valence electrons. The first-order valence-electron chi connectivity index (χ1n) is 7.32. The number of benzene rings is 1. The van der Waals surface area contributed by atoms with Crippen LogP contribution >= 0.6 is 15.9 Å². The molecule has 0 fully saturated rings. The summed E-state index contributed by atoms with van der Waals surface area (Å²) >= 11 is 3.29. The topological polar surface area (TPSA) is 66.5 Å². The molecule has 0 saturated heterocycles. The first-order chi connectivity index (χ1) is 10.4. The molecular weight excluding hydrogens is 348 g/mol. The van der Waals surface area contributed by atoms with Crippen LogP contribution in [0.1, 0.15) is 47.4 Å². The second kappa shape index (κ2) is 7.05. The van der Waals surface area contributed by atoms with E-state index in [1.165, 1.54) is 0 Å². The number of nitrogens with one attached hydrogen (secondary N) is 1. The SMILES string of the molecule is CC(C)CCNC(=O)CCN1C(=O)c2ccc(Br)cc2C1=O. The van der Waals surface area contributed by atoms with Crippen molar-refractivity contribution in [1.82, 2.24) is 10.2 Å². The molecule has 2 rings (SSSR count). The third kappa shape index (κ3) is 3.74. The molecule has 1 heterocycles. The molecule has 0 atom stereocenters. The maximum atomic E-state index is 12.2. The standard InChI is InChI=1S/C16H19BrN2O3/c1-10(2)5-7-18-14(20)6-8-19-15(21)12-4-3-11(17)9-13(12)16(19)22/h3-4,9-10H,5-8H2,1-2H3,(H,18,20). The minimum Gasteiger partial charge on any atom is -0.356 e. The molecule has 0 saturated carbocycles. The molecule has 0 unspecified atom stereocenters. The molecule has 3 amide bonds. The number of imide groups is 1. The number of rotatable bonds is 6. The fourth-order valence-electron chi connectivity index (χ4n) is 2.27. The summed E-state index contributed by atoms with van der Waals surface area (Å²) in [7, 11) is 0. The van der Waals surface area contributed by atoms with Crippen LogP contribution in [0.15, 0.2) is 22.7 Å². The average Bonchev–Trinajstić information content (AvgIpc) is 2.68. The number of fused-ring (bicyclic) bond motifs is 1. The molecule has 0 radical (unpaired) electrons. The zero-order chi connectivity index (χ0) is 16.3. The molecule has 1 aromatic rings. The van der Waals surface area contributed by atoms with Crippen molar-refractivity contribution in [3.05, 3.63) is 33.8 Å². The molecule has 1 N–H and O–H groups in total. The van der Waals surface area contributed by atoms with Crippen LogP contribution in [0.2, 0.25) is 0 Å². The largest absolute Gasteiger partial charge is 0.356 e. The summed E-state index contributed by atoms with van der Waals surface area (Å²) in [6, 6.07) is 4.99. The Morgan fingerprint density at radius 1 is 1.23 bits per heavy atom. The molecule has 22 heavy (non-hydrogen) atoms. The Hall–Kier alpha value is -1.69. The van der Waals surface area contributed by atoms with Crippen molar-refractivity contribution < 1.29 is 14.4 Å². The minimum atomic E-state index is -0.337. The molecule has 1 aromatic carbocycles. The molecule has 0 bridgehead atoms. The van der Waals surface area contributed by atoms with Crippen molar-refractivity contribution in [2.75, 3.05) is 13.1 Å². The van der Waals surface area contributed by atoms with E-state index in [1.807, 2.05) is 0 Å². The fourth-order valence-corrected chi connectivity index (χ4v) is 2.63. The Bertz CT molecular complexity index is 613. The lowest BCUT2D eigenvalue weighted by Gasteiger charge is -2.13. The van der Waals surface area contributed by atoms with Gasteiger partial charge in [0.2, 0.25) is 5.91 Å². The number of amides is 3. The summed E-state index contributed by atoms with van der Waals surface area (Å²) in [5, 5.41) is 2.80. The number of hydrogen-bond acceptors (Lipinski definition) is 3. The normalized spacial score (nSPS) is 13.7. The smallest absolute Gasteiger partial charge is 0.261 e. The van der Waals surface area contributed by atoms with E-state index in [2.05, 4.69) is 35.1 Å². The monoisotopic (exact) mass is 366 g/mol. The van der Waals surface area contributed by atoms with Gasteiger partial charge in [-0.25, -0.2) is 0 Å². The summed E-state index contributed by atoms with van der Waals surface area (Å²) in [6.07, 6.45) is 1.04. The molecule has 0 spiro atoms. The van der Waals surface area contributed by atoms with E-state index in [4.69, 9.17) is 0 Å². The molecule has 1 aliphatic rings. The highest BCUT2D eigenvalue weighted by Gasteiger charge is 2.35. The van der Waals surface area contributed by atoms with E-state index >= 15 is 0 Å². The van der Waals surface area contributed by atoms with Gasteiger partial charge in [0.1, 0.15) is 0 Å². The second-order valence-corrected chi connectivity index (χ2v) is 6.65. The zero-order valence-corrected chi connectivity index (χ0v) is 14.3. The van der Waals surface area contributed by atoms with Gasteiger partial charge < -0.3 is 5.32 Å². The van der Waals surface area contributed by atoms with Gasteiger partial charge in [0.15, 0.2) is 0 Å². The molecular formula is C16H19BrN2O3. The van der Waals surface area contributed by atoms with Crippen molar-refractivity contribution in [2.24, 2.45) is 5.92 Å². The van der Waals surface area contributed by atoms with Crippen LogP contribution in [0, 0.1) is 5.92 Å². The van der Waals surface area contributed by atoms with Gasteiger partial charge in [0.25, 0.3) is 11.8 Å². The van der Waals surface area contributed by atoms with E-state index in [-0.39, 0.29) is 30.7 Å². The summed E-state index contributed by atoms with van der Waals surface area (Å²) in [6.45, 7) is 4.90. The Morgan fingerprint density at radius 3 is 2.59 bits per heavy atom. The average molecular weight is 367 g/mol. The van der Waals surface area contributed by atoms with Crippen molar-refractivity contribution in [2.45, 2.75) is 26.7 Å². The van der Waals surface area contributed by atoms with E-state index < -0.39 is 0 Å². The van der Waals surface area contributed by atoms with Gasteiger partial charge in [-0.3, -0.25) is 19.3 Å². The van der Waals surface area contributed by atoms with Gasteiger partial charge in [-0.1, -0.05) is 29.8 Å². The Kier molecular flexibility index (Phi) is 5.34. The van der Waals surface area contributed by atoms with Gasteiger partial charge in [-0.2, -0.15) is 0 Å². The number of hydrogen-bond donors (Lipinski definition) is 1. The Morgan fingerprint density at radius 2 is 1.91 bits per heavy atom.